The van der Waals surface area contributed by atoms with E-state index < -0.39 is 0 Å². The van der Waals surface area contributed by atoms with Crippen molar-refractivity contribution in [2.24, 2.45) is 0 Å². The summed E-state index contributed by atoms with van der Waals surface area (Å²) >= 11 is 0. The third kappa shape index (κ3) is 3.05. The van der Waals surface area contributed by atoms with Crippen LogP contribution < -0.4 is 9.47 Å². The maximum absolute atomic E-state index is 10.9. The van der Waals surface area contributed by atoms with E-state index >= 15 is 0 Å². The SMILES string of the molecule is CCOc1cc(C=O)ccc1OC1CCOC2(CCC2)C1. The van der Waals surface area contributed by atoms with E-state index in [0.29, 0.717) is 17.9 Å². The van der Waals surface area contributed by atoms with Crippen molar-refractivity contribution in [1.29, 1.82) is 0 Å². The second-order valence-corrected chi connectivity index (χ2v) is 5.87. The molecule has 1 spiro atoms. The summed E-state index contributed by atoms with van der Waals surface area (Å²) in [6, 6.07) is 5.34. The molecule has 0 bridgehead atoms. The van der Waals surface area contributed by atoms with Gasteiger partial charge in [-0.15, -0.1) is 0 Å². The third-order valence-electron chi connectivity index (χ3n) is 4.41. The van der Waals surface area contributed by atoms with E-state index in [2.05, 4.69) is 0 Å². The van der Waals surface area contributed by atoms with E-state index in [1.54, 1.807) is 12.1 Å². The molecule has 0 amide bonds. The number of ether oxygens (including phenoxy) is 3. The van der Waals surface area contributed by atoms with Crippen molar-refractivity contribution in [3.05, 3.63) is 23.8 Å². The number of benzene rings is 1. The van der Waals surface area contributed by atoms with Gasteiger partial charge < -0.3 is 14.2 Å². The van der Waals surface area contributed by atoms with Gasteiger partial charge in [-0.2, -0.15) is 0 Å². The Balaban J connectivity index is 1.72. The van der Waals surface area contributed by atoms with Gasteiger partial charge in [0.1, 0.15) is 12.4 Å². The summed E-state index contributed by atoms with van der Waals surface area (Å²) in [7, 11) is 0. The monoisotopic (exact) mass is 290 g/mol. The van der Waals surface area contributed by atoms with Gasteiger partial charge in [0.15, 0.2) is 11.5 Å². The highest BCUT2D eigenvalue weighted by Gasteiger charge is 2.43. The molecule has 1 heterocycles. The second kappa shape index (κ2) is 6.06. The van der Waals surface area contributed by atoms with Gasteiger partial charge in [0.25, 0.3) is 0 Å². The number of hydrogen-bond acceptors (Lipinski definition) is 4. The first kappa shape index (κ1) is 14.4. The number of aldehydes is 1. The summed E-state index contributed by atoms with van der Waals surface area (Å²) in [5.74, 6) is 1.38. The molecule has 2 fully saturated rings. The van der Waals surface area contributed by atoms with Crippen LogP contribution in [-0.4, -0.2) is 31.2 Å². The summed E-state index contributed by atoms with van der Waals surface area (Å²) in [5, 5.41) is 0. The lowest BCUT2D eigenvalue weighted by atomic mass is 9.74. The van der Waals surface area contributed by atoms with Crippen LogP contribution in [0.3, 0.4) is 0 Å². The van der Waals surface area contributed by atoms with Crippen molar-refractivity contribution in [3.63, 3.8) is 0 Å². The van der Waals surface area contributed by atoms with Crippen LogP contribution in [0, 0.1) is 0 Å². The van der Waals surface area contributed by atoms with Crippen molar-refractivity contribution in [1.82, 2.24) is 0 Å². The molecule has 1 aliphatic carbocycles. The lowest BCUT2D eigenvalue weighted by Gasteiger charge is -2.46. The fraction of sp³-hybridized carbons (Fsp3) is 0.588. The highest BCUT2D eigenvalue weighted by Crippen LogP contribution is 2.43. The van der Waals surface area contributed by atoms with Crippen molar-refractivity contribution in [3.8, 4) is 11.5 Å². The van der Waals surface area contributed by atoms with Crippen LogP contribution in [-0.2, 0) is 4.74 Å². The van der Waals surface area contributed by atoms with E-state index in [4.69, 9.17) is 14.2 Å². The fourth-order valence-corrected chi connectivity index (χ4v) is 3.15. The minimum absolute atomic E-state index is 0.0669. The molecule has 3 rings (SSSR count). The van der Waals surface area contributed by atoms with Crippen LogP contribution in [0.5, 0.6) is 11.5 Å². The molecular weight excluding hydrogens is 268 g/mol. The standard InChI is InChI=1S/C17H22O4/c1-2-19-16-10-13(12-18)4-5-15(16)21-14-6-9-20-17(11-14)7-3-8-17/h4-5,10,12,14H,2-3,6-9,11H2,1H3. The minimum Gasteiger partial charge on any atom is -0.490 e. The Morgan fingerprint density at radius 3 is 2.90 bits per heavy atom. The molecule has 0 radical (unpaired) electrons. The molecule has 0 N–H and O–H groups in total. The quantitative estimate of drug-likeness (QED) is 0.780. The highest BCUT2D eigenvalue weighted by atomic mass is 16.5. The molecule has 1 unspecified atom stereocenters. The summed E-state index contributed by atoms with van der Waals surface area (Å²) in [6.07, 6.45) is 6.40. The lowest BCUT2D eigenvalue weighted by molar-refractivity contribution is -0.153. The van der Waals surface area contributed by atoms with E-state index in [1.807, 2.05) is 13.0 Å². The maximum atomic E-state index is 10.9. The first-order valence-electron chi connectivity index (χ1n) is 7.77. The maximum Gasteiger partial charge on any atom is 0.161 e. The third-order valence-corrected chi connectivity index (χ3v) is 4.41. The van der Waals surface area contributed by atoms with E-state index in [-0.39, 0.29) is 11.7 Å². The Morgan fingerprint density at radius 1 is 1.38 bits per heavy atom. The molecule has 1 saturated heterocycles. The normalized spacial score (nSPS) is 23.4. The van der Waals surface area contributed by atoms with Crippen LogP contribution in [0.25, 0.3) is 0 Å². The van der Waals surface area contributed by atoms with Crippen molar-refractivity contribution in [2.45, 2.75) is 50.7 Å². The topological polar surface area (TPSA) is 44.8 Å². The van der Waals surface area contributed by atoms with Crippen LogP contribution >= 0.6 is 0 Å². The van der Waals surface area contributed by atoms with Gasteiger partial charge in [-0.3, -0.25) is 4.79 Å². The Bertz CT molecular complexity index is 508. The molecule has 1 aliphatic heterocycles. The van der Waals surface area contributed by atoms with Crippen LogP contribution in [0.2, 0.25) is 0 Å². The second-order valence-electron chi connectivity index (χ2n) is 5.87. The zero-order chi connectivity index (χ0) is 14.7. The number of carbonyl (C=O) groups excluding carboxylic acids is 1. The molecule has 1 atom stereocenters. The van der Waals surface area contributed by atoms with Crippen molar-refractivity contribution >= 4 is 6.29 Å². The first-order chi connectivity index (χ1) is 10.2. The fourth-order valence-electron chi connectivity index (χ4n) is 3.15. The Labute approximate surface area is 125 Å². The summed E-state index contributed by atoms with van der Waals surface area (Å²) in [4.78, 5) is 10.9. The highest BCUT2D eigenvalue weighted by molar-refractivity contribution is 5.76. The molecule has 0 aromatic heterocycles. The molecule has 2 aliphatic rings. The summed E-state index contributed by atoms with van der Waals surface area (Å²) < 4.78 is 17.7. The lowest BCUT2D eigenvalue weighted by Crippen LogP contribution is -2.48. The molecule has 1 aromatic rings. The van der Waals surface area contributed by atoms with Crippen LogP contribution in [0.1, 0.15) is 49.4 Å². The smallest absolute Gasteiger partial charge is 0.161 e. The molecule has 1 aromatic carbocycles. The Hall–Kier alpha value is -1.55. The van der Waals surface area contributed by atoms with Crippen molar-refractivity contribution < 1.29 is 19.0 Å². The zero-order valence-corrected chi connectivity index (χ0v) is 12.5. The molecule has 114 valence electrons. The summed E-state index contributed by atoms with van der Waals surface area (Å²) in [5.41, 5.74) is 0.672. The first-order valence-corrected chi connectivity index (χ1v) is 7.77. The van der Waals surface area contributed by atoms with Crippen molar-refractivity contribution in [2.75, 3.05) is 13.2 Å². The van der Waals surface area contributed by atoms with Gasteiger partial charge in [0.2, 0.25) is 0 Å². The number of hydrogen-bond donors (Lipinski definition) is 0. The Kier molecular flexibility index (Phi) is 4.15. The zero-order valence-electron chi connectivity index (χ0n) is 12.5. The molecule has 4 nitrogen and oxygen atoms in total. The average molecular weight is 290 g/mol. The predicted molar refractivity (Wildman–Crippen MR) is 79.2 cm³/mol. The predicted octanol–water partition coefficient (Wildman–Crippen LogP) is 3.38. The Morgan fingerprint density at radius 2 is 2.24 bits per heavy atom. The van der Waals surface area contributed by atoms with Gasteiger partial charge in [-0.25, -0.2) is 0 Å². The van der Waals surface area contributed by atoms with Crippen LogP contribution in [0.4, 0.5) is 0 Å². The molecular formula is C17H22O4. The van der Waals surface area contributed by atoms with Gasteiger partial charge in [0.05, 0.1) is 18.8 Å². The van der Waals surface area contributed by atoms with E-state index in [0.717, 1.165) is 44.3 Å². The summed E-state index contributed by atoms with van der Waals surface area (Å²) in [6.45, 7) is 3.24. The van der Waals surface area contributed by atoms with Gasteiger partial charge in [0, 0.05) is 18.4 Å². The molecule has 21 heavy (non-hydrogen) atoms. The van der Waals surface area contributed by atoms with Crippen LogP contribution in [0.15, 0.2) is 18.2 Å². The largest absolute Gasteiger partial charge is 0.490 e. The van der Waals surface area contributed by atoms with Gasteiger partial charge in [-0.1, -0.05) is 0 Å². The minimum atomic E-state index is 0.0669. The van der Waals surface area contributed by atoms with E-state index in [9.17, 15) is 4.79 Å². The van der Waals surface area contributed by atoms with Gasteiger partial charge in [-0.05, 0) is 44.4 Å². The average Bonchev–Trinajstić information content (AvgIpc) is 2.48. The van der Waals surface area contributed by atoms with Gasteiger partial charge >= 0.3 is 0 Å². The van der Waals surface area contributed by atoms with E-state index in [1.165, 1.54) is 6.42 Å². The molecule has 4 heteroatoms. The number of carbonyl (C=O) groups is 1. The number of rotatable bonds is 5. The molecule has 1 saturated carbocycles.